The Morgan fingerprint density at radius 1 is 1.24 bits per heavy atom. The van der Waals surface area contributed by atoms with Crippen LogP contribution in [0.5, 0.6) is 6.01 Å². The van der Waals surface area contributed by atoms with Crippen molar-refractivity contribution in [3.05, 3.63) is 5.28 Å². The maximum Gasteiger partial charge on any atom is 0.322 e. The second kappa shape index (κ2) is 5.39. The Balaban J connectivity index is 2.11. The number of halogens is 3. The van der Waals surface area contributed by atoms with Gasteiger partial charge in [-0.3, -0.25) is 0 Å². The number of ether oxygens (including phenoxy) is 1. The fourth-order valence-electron chi connectivity index (χ4n) is 1.58. The van der Waals surface area contributed by atoms with E-state index in [-0.39, 0.29) is 11.3 Å². The average Bonchev–Trinajstić information content (AvgIpc) is 2.79. The zero-order valence-electron chi connectivity index (χ0n) is 8.94. The lowest BCUT2D eigenvalue weighted by Crippen LogP contribution is -2.21. The van der Waals surface area contributed by atoms with Crippen LogP contribution in [0.25, 0.3) is 0 Å². The van der Waals surface area contributed by atoms with Crippen LogP contribution in [0, 0.1) is 0 Å². The lowest BCUT2D eigenvalue weighted by molar-refractivity contribution is 0.0769. The molecule has 0 atom stereocenters. The maximum absolute atomic E-state index is 12.0. The summed E-state index contributed by atoms with van der Waals surface area (Å²) < 4.78 is 28.7. The normalized spacial score (nSPS) is 15.6. The lowest BCUT2D eigenvalue weighted by atomic mass is 10.4. The highest BCUT2D eigenvalue weighted by Gasteiger charge is 2.17. The van der Waals surface area contributed by atoms with Gasteiger partial charge in [0.1, 0.15) is 0 Å². The monoisotopic (exact) mass is 264 g/mol. The standard InChI is InChI=1S/C9H11ClF2N4O/c10-7-13-8(16-3-1-2-4-16)15-9(14-7)17-5-6(11)12/h6H,1-5H2. The first-order valence-electron chi connectivity index (χ1n) is 5.22. The van der Waals surface area contributed by atoms with Crippen molar-refractivity contribution in [3.63, 3.8) is 0 Å². The number of hydrogen-bond donors (Lipinski definition) is 0. The Hall–Kier alpha value is -1.24. The van der Waals surface area contributed by atoms with Crippen molar-refractivity contribution in [1.82, 2.24) is 15.0 Å². The van der Waals surface area contributed by atoms with Crippen molar-refractivity contribution >= 4 is 17.5 Å². The molecule has 0 radical (unpaired) electrons. The van der Waals surface area contributed by atoms with E-state index in [4.69, 9.17) is 16.3 Å². The molecule has 1 saturated heterocycles. The third-order valence-electron chi connectivity index (χ3n) is 2.30. The predicted molar refractivity (Wildman–Crippen MR) is 57.8 cm³/mol. The fraction of sp³-hybridized carbons (Fsp3) is 0.667. The topological polar surface area (TPSA) is 51.1 Å². The van der Waals surface area contributed by atoms with E-state index in [9.17, 15) is 8.78 Å². The van der Waals surface area contributed by atoms with E-state index in [1.807, 2.05) is 4.90 Å². The van der Waals surface area contributed by atoms with Gasteiger partial charge >= 0.3 is 6.01 Å². The molecule has 5 nitrogen and oxygen atoms in total. The van der Waals surface area contributed by atoms with E-state index in [0.29, 0.717) is 5.95 Å². The van der Waals surface area contributed by atoms with Gasteiger partial charge in [-0.1, -0.05) is 0 Å². The van der Waals surface area contributed by atoms with Gasteiger partial charge in [0.15, 0.2) is 6.61 Å². The van der Waals surface area contributed by atoms with Gasteiger partial charge in [0.25, 0.3) is 6.43 Å². The molecule has 2 rings (SSSR count). The van der Waals surface area contributed by atoms with Gasteiger partial charge in [-0.05, 0) is 24.4 Å². The van der Waals surface area contributed by atoms with E-state index < -0.39 is 13.0 Å². The number of nitrogens with zero attached hydrogens (tertiary/aromatic N) is 4. The highest BCUT2D eigenvalue weighted by atomic mass is 35.5. The summed E-state index contributed by atoms with van der Waals surface area (Å²) in [6, 6.07) is -0.160. The molecule has 1 aliphatic heterocycles. The van der Waals surface area contributed by atoms with Crippen molar-refractivity contribution in [3.8, 4) is 6.01 Å². The van der Waals surface area contributed by atoms with Crippen LogP contribution in [-0.4, -0.2) is 41.1 Å². The Morgan fingerprint density at radius 2 is 1.94 bits per heavy atom. The number of alkyl halides is 2. The highest BCUT2D eigenvalue weighted by molar-refractivity contribution is 6.28. The summed E-state index contributed by atoms with van der Waals surface area (Å²) in [4.78, 5) is 13.5. The molecular weight excluding hydrogens is 254 g/mol. The van der Waals surface area contributed by atoms with Crippen LogP contribution in [0.1, 0.15) is 12.8 Å². The fourth-order valence-corrected chi connectivity index (χ4v) is 1.73. The van der Waals surface area contributed by atoms with Crippen LogP contribution < -0.4 is 9.64 Å². The smallest absolute Gasteiger partial charge is 0.322 e. The summed E-state index contributed by atoms with van der Waals surface area (Å²) >= 11 is 5.69. The van der Waals surface area contributed by atoms with E-state index in [1.165, 1.54) is 0 Å². The van der Waals surface area contributed by atoms with Crippen LogP contribution in [0.3, 0.4) is 0 Å². The molecule has 17 heavy (non-hydrogen) atoms. The van der Waals surface area contributed by atoms with Gasteiger partial charge in [-0.2, -0.15) is 15.0 Å². The quantitative estimate of drug-likeness (QED) is 0.830. The third kappa shape index (κ3) is 3.36. The molecule has 0 unspecified atom stereocenters. The van der Waals surface area contributed by atoms with Crippen molar-refractivity contribution in [1.29, 1.82) is 0 Å². The first kappa shape index (κ1) is 12.2. The van der Waals surface area contributed by atoms with E-state index in [0.717, 1.165) is 25.9 Å². The molecule has 1 aromatic rings. The zero-order valence-corrected chi connectivity index (χ0v) is 9.70. The summed E-state index contributed by atoms with van der Waals surface area (Å²) in [5.74, 6) is 0.381. The van der Waals surface area contributed by atoms with Gasteiger partial charge < -0.3 is 9.64 Å². The second-order valence-corrected chi connectivity index (χ2v) is 3.92. The molecule has 1 fully saturated rings. The van der Waals surface area contributed by atoms with Crippen LogP contribution in [0.2, 0.25) is 5.28 Å². The van der Waals surface area contributed by atoms with Gasteiger partial charge in [0.2, 0.25) is 11.2 Å². The summed E-state index contributed by atoms with van der Waals surface area (Å²) in [6.45, 7) is 0.906. The van der Waals surface area contributed by atoms with Crippen molar-refractivity contribution < 1.29 is 13.5 Å². The number of hydrogen-bond acceptors (Lipinski definition) is 5. The second-order valence-electron chi connectivity index (χ2n) is 3.58. The van der Waals surface area contributed by atoms with Gasteiger partial charge in [0.05, 0.1) is 0 Å². The van der Waals surface area contributed by atoms with E-state index in [1.54, 1.807) is 0 Å². The Labute approximate surface area is 102 Å². The minimum Gasteiger partial charge on any atom is -0.457 e. The van der Waals surface area contributed by atoms with Crippen LogP contribution in [0.4, 0.5) is 14.7 Å². The molecule has 8 heteroatoms. The van der Waals surface area contributed by atoms with Crippen LogP contribution in [0.15, 0.2) is 0 Å². The molecular formula is C9H11ClF2N4O. The molecule has 1 aromatic heterocycles. The molecule has 0 amide bonds. The van der Waals surface area contributed by atoms with Crippen molar-refractivity contribution in [2.45, 2.75) is 19.3 Å². The summed E-state index contributed by atoms with van der Waals surface area (Å²) in [5, 5.41) is -0.0498. The molecule has 1 aliphatic rings. The zero-order chi connectivity index (χ0) is 12.3. The number of anilines is 1. The van der Waals surface area contributed by atoms with Gasteiger partial charge in [0, 0.05) is 13.1 Å². The molecule has 0 spiro atoms. The Bertz CT molecular complexity index is 387. The molecule has 0 N–H and O–H groups in total. The predicted octanol–water partition coefficient (Wildman–Crippen LogP) is 1.77. The third-order valence-corrected chi connectivity index (χ3v) is 2.47. The molecule has 2 heterocycles. The van der Waals surface area contributed by atoms with Crippen molar-refractivity contribution in [2.75, 3.05) is 24.6 Å². The largest absolute Gasteiger partial charge is 0.457 e. The van der Waals surface area contributed by atoms with Gasteiger partial charge in [-0.25, -0.2) is 8.78 Å². The molecule has 0 aliphatic carbocycles. The lowest BCUT2D eigenvalue weighted by Gasteiger charge is -2.15. The van der Waals surface area contributed by atoms with Crippen LogP contribution in [-0.2, 0) is 0 Å². The Kier molecular flexibility index (Phi) is 3.88. The molecule has 0 bridgehead atoms. The molecule has 0 saturated carbocycles. The summed E-state index contributed by atoms with van der Waals surface area (Å²) in [7, 11) is 0. The number of rotatable bonds is 4. The first-order chi connectivity index (χ1) is 8.15. The Morgan fingerprint density at radius 3 is 2.59 bits per heavy atom. The van der Waals surface area contributed by atoms with Gasteiger partial charge in [-0.15, -0.1) is 0 Å². The molecule has 94 valence electrons. The first-order valence-corrected chi connectivity index (χ1v) is 5.60. The minimum atomic E-state index is -2.57. The summed E-state index contributed by atoms with van der Waals surface area (Å²) in [5.41, 5.74) is 0. The maximum atomic E-state index is 12.0. The molecule has 0 aromatic carbocycles. The minimum absolute atomic E-state index is 0.0498. The van der Waals surface area contributed by atoms with Crippen LogP contribution >= 0.6 is 11.6 Å². The summed E-state index contributed by atoms with van der Waals surface area (Å²) in [6.07, 6.45) is -0.465. The number of aromatic nitrogens is 3. The van der Waals surface area contributed by atoms with E-state index >= 15 is 0 Å². The highest BCUT2D eigenvalue weighted by Crippen LogP contribution is 2.19. The average molecular weight is 265 g/mol. The SMILES string of the molecule is FC(F)COc1nc(Cl)nc(N2CCCC2)n1. The van der Waals surface area contributed by atoms with E-state index in [2.05, 4.69) is 15.0 Å². The van der Waals surface area contributed by atoms with Crippen molar-refractivity contribution in [2.24, 2.45) is 0 Å².